The summed E-state index contributed by atoms with van der Waals surface area (Å²) in [4.78, 5) is 2.44. The van der Waals surface area contributed by atoms with Crippen LogP contribution in [0.2, 0.25) is 0 Å². The molecule has 1 heterocycles. The topological polar surface area (TPSA) is 23.5 Å². The van der Waals surface area contributed by atoms with Crippen LogP contribution in [0.15, 0.2) is 0 Å². The summed E-state index contributed by atoms with van der Waals surface area (Å²) in [7, 11) is 0. The minimum atomic E-state index is -0.0735. The third-order valence-electron chi connectivity index (χ3n) is 2.45. The van der Waals surface area contributed by atoms with Crippen molar-refractivity contribution < 1.29 is 5.11 Å². The van der Waals surface area contributed by atoms with Crippen molar-refractivity contribution in [1.82, 2.24) is 4.90 Å². The second-order valence-corrected chi connectivity index (χ2v) is 3.40. The van der Waals surface area contributed by atoms with Gasteiger partial charge in [-0.1, -0.05) is 6.92 Å². The van der Waals surface area contributed by atoms with Gasteiger partial charge in [0.15, 0.2) is 0 Å². The number of hydrogen-bond acceptors (Lipinski definition) is 2. The van der Waals surface area contributed by atoms with Gasteiger partial charge in [0, 0.05) is 6.54 Å². The maximum atomic E-state index is 9.29. The molecule has 0 bridgehead atoms. The van der Waals surface area contributed by atoms with Crippen LogP contribution in [0.4, 0.5) is 0 Å². The molecule has 2 heteroatoms. The average molecular weight is 157 g/mol. The van der Waals surface area contributed by atoms with E-state index in [4.69, 9.17) is 0 Å². The molecule has 0 saturated carbocycles. The van der Waals surface area contributed by atoms with E-state index < -0.39 is 0 Å². The molecule has 0 aromatic rings. The molecule has 1 rings (SSSR count). The number of likely N-dealkylation sites (tertiary alicyclic amines) is 1. The summed E-state index contributed by atoms with van der Waals surface area (Å²) >= 11 is 0. The van der Waals surface area contributed by atoms with Crippen LogP contribution in [0.5, 0.6) is 0 Å². The molecule has 1 aliphatic rings. The summed E-state index contributed by atoms with van der Waals surface area (Å²) in [5, 5.41) is 9.29. The van der Waals surface area contributed by atoms with E-state index in [2.05, 4.69) is 4.90 Å². The van der Waals surface area contributed by atoms with Crippen molar-refractivity contribution in [2.45, 2.75) is 38.7 Å². The fourth-order valence-electron chi connectivity index (χ4n) is 1.54. The van der Waals surface area contributed by atoms with Crippen LogP contribution in [-0.2, 0) is 0 Å². The van der Waals surface area contributed by atoms with Crippen molar-refractivity contribution in [3.05, 3.63) is 0 Å². The van der Waals surface area contributed by atoms with E-state index in [0.29, 0.717) is 0 Å². The Kier molecular flexibility index (Phi) is 3.87. The van der Waals surface area contributed by atoms with E-state index in [1.54, 1.807) is 0 Å². The average Bonchev–Trinajstić information content (AvgIpc) is 2.52. The first-order valence-electron chi connectivity index (χ1n) is 4.73. The lowest BCUT2D eigenvalue weighted by Gasteiger charge is -2.16. The normalized spacial score (nSPS) is 22.4. The van der Waals surface area contributed by atoms with Gasteiger partial charge in [-0.05, 0) is 38.8 Å². The lowest BCUT2D eigenvalue weighted by Crippen LogP contribution is -2.23. The Morgan fingerprint density at radius 3 is 2.55 bits per heavy atom. The Morgan fingerprint density at radius 1 is 1.36 bits per heavy atom. The second-order valence-electron chi connectivity index (χ2n) is 3.40. The van der Waals surface area contributed by atoms with Gasteiger partial charge in [-0.2, -0.15) is 0 Å². The van der Waals surface area contributed by atoms with Crippen molar-refractivity contribution in [1.29, 1.82) is 0 Å². The Morgan fingerprint density at radius 2 is 2.00 bits per heavy atom. The minimum Gasteiger partial charge on any atom is -0.393 e. The highest BCUT2D eigenvalue weighted by Gasteiger charge is 2.11. The van der Waals surface area contributed by atoms with Crippen molar-refractivity contribution in [3.63, 3.8) is 0 Å². The van der Waals surface area contributed by atoms with Gasteiger partial charge in [-0.15, -0.1) is 0 Å². The fourth-order valence-corrected chi connectivity index (χ4v) is 1.54. The monoisotopic (exact) mass is 157 g/mol. The molecule has 0 radical (unpaired) electrons. The van der Waals surface area contributed by atoms with E-state index in [1.165, 1.54) is 25.9 Å². The highest BCUT2D eigenvalue weighted by Crippen LogP contribution is 2.08. The molecule has 1 fully saturated rings. The first-order chi connectivity index (χ1) is 5.33. The molecule has 2 nitrogen and oxygen atoms in total. The zero-order valence-electron chi connectivity index (χ0n) is 7.42. The molecule has 0 aromatic heterocycles. The maximum Gasteiger partial charge on any atom is 0.0549 e. The number of hydrogen-bond donors (Lipinski definition) is 1. The Labute approximate surface area is 69.2 Å². The van der Waals surface area contributed by atoms with Crippen molar-refractivity contribution in [2.24, 2.45) is 0 Å². The van der Waals surface area contributed by atoms with Crippen LogP contribution in [0.25, 0.3) is 0 Å². The fraction of sp³-hybridized carbons (Fsp3) is 1.00. The smallest absolute Gasteiger partial charge is 0.0549 e. The molecule has 1 N–H and O–H groups in total. The summed E-state index contributed by atoms with van der Waals surface area (Å²) in [6.45, 7) is 5.62. The first-order valence-corrected chi connectivity index (χ1v) is 4.73. The van der Waals surface area contributed by atoms with E-state index in [0.717, 1.165) is 19.4 Å². The van der Waals surface area contributed by atoms with Crippen molar-refractivity contribution in [3.8, 4) is 0 Å². The highest BCUT2D eigenvalue weighted by molar-refractivity contribution is 4.67. The van der Waals surface area contributed by atoms with E-state index in [9.17, 15) is 5.11 Å². The van der Waals surface area contributed by atoms with E-state index in [1.807, 2.05) is 6.92 Å². The van der Waals surface area contributed by atoms with Crippen LogP contribution >= 0.6 is 0 Å². The molecule has 0 amide bonds. The van der Waals surface area contributed by atoms with Gasteiger partial charge in [-0.3, -0.25) is 0 Å². The van der Waals surface area contributed by atoms with Crippen LogP contribution in [0, 0.1) is 0 Å². The number of rotatable bonds is 4. The molecule has 0 aliphatic carbocycles. The number of aliphatic hydroxyl groups is 1. The summed E-state index contributed by atoms with van der Waals surface area (Å²) < 4.78 is 0. The standard InChI is InChI=1S/C9H19NO/c1-2-9(11)5-8-10-6-3-4-7-10/h9,11H,2-8H2,1H3. The number of aliphatic hydroxyl groups excluding tert-OH is 1. The van der Waals surface area contributed by atoms with E-state index in [-0.39, 0.29) is 6.10 Å². The SMILES string of the molecule is CCC(O)CCN1CCCC1. The van der Waals surface area contributed by atoms with Gasteiger partial charge in [0.2, 0.25) is 0 Å². The molecule has 66 valence electrons. The molecule has 1 unspecified atom stereocenters. The second kappa shape index (κ2) is 4.73. The zero-order valence-corrected chi connectivity index (χ0v) is 7.42. The lowest BCUT2D eigenvalue weighted by molar-refractivity contribution is 0.143. The molecular formula is C9H19NO. The van der Waals surface area contributed by atoms with Crippen molar-refractivity contribution >= 4 is 0 Å². The summed E-state index contributed by atoms with van der Waals surface area (Å²) in [6, 6.07) is 0. The maximum absolute atomic E-state index is 9.29. The summed E-state index contributed by atoms with van der Waals surface area (Å²) in [5.41, 5.74) is 0. The minimum absolute atomic E-state index is 0.0735. The van der Waals surface area contributed by atoms with Crippen LogP contribution in [-0.4, -0.2) is 35.7 Å². The van der Waals surface area contributed by atoms with Gasteiger partial charge in [-0.25, -0.2) is 0 Å². The summed E-state index contributed by atoms with van der Waals surface area (Å²) in [6.07, 6.45) is 4.48. The lowest BCUT2D eigenvalue weighted by atomic mass is 10.2. The van der Waals surface area contributed by atoms with Gasteiger partial charge in [0.05, 0.1) is 6.10 Å². The molecule has 11 heavy (non-hydrogen) atoms. The quantitative estimate of drug-likeness (QED) is 0.663. The number of nitrogens with zero attached hydrogens (tertiary/aromatic N) is 1. The predicted molar refractivity (Wildman–Crippen MR) is 46.6 cm³/mol. The van der Waals surface area contributed by atoms with Crippen molar-refractivity contribution in [2.75, 3.05) is 19.6 Å². The van der Waals surface area contributed by atoms with E-state index >= 15 is 0 Å². The Hall–Kier alpha value is -0.0800. The molecular weight excluding hydrogens is 138 g/mol. The Balaban J connectivity index is 2.01. The van der Waals surface area contributed by atoms with Crippen LogP contribution < -0.4 is 0 Å². The molecule has 1 aliphatic heterocycles. The first kappa shape index (κ1) is 9.01. The van der Waals surface area contributed by atoms with Crippen LogP contribution in [0.3, 0.4) is 0 Å². The zero-order chi connectivity index (χ0) is 8.10. The highest BCUT2D eigenvalue weighted by atomic mass is 16.3. The largest absolute Gasteiger partial charge is 0.393 e. The van der Waals surface area contributed by atoms with Gasteiger partial charge < -0.3 is 10.0 Å². The third-order valence-corrected chi connectivity index (χ3v) is 2.45. The van der Waals surface area contributed by atoms with Crippen LogP contribution in [0.1, 0.15) is 32.6 Å². The third kappa shape index (κ3) is 3.21. The van der Waals surface area contributed by atoms with Gasteiger partial charge in [0.1, 0.15) is 0 Å². The molecule has 1 saturated heterocycles. The molecule has 1 atom stereocenters. The Bertz CT molecular complexity index is 99.7. The van der Waals surface area contributed by atoms with Gasteiger partial charge >= 0.3 is 0 Å². The predicted octanol–water partition coefficient (Wildman–Crippen LogP) is 1.24. The van der Waals surface area contributed by atoms with Gasteiger partial charge in [0.25, 0.3) is 0 Å². The molecule has 0 aromatic carbocycles. The summed E-state index contributed by atoms with van der Waals surface area (Å²) in [5.74, 6) is 0. The molecule has 0 spiro atoms.